The van der Waals surface area contributed by atoms with Crippen molar-refractivity contribution in [1.29, 1.82) is 0 Å². The van der Waals surface area contributed by atoms with Crippen LogP contribution in [0.2, 0.25) is 0 Å². The Morgan fingerprint density at radius 2 is 1.67 bits per heavy atom. The molecule has 0 unspecified atom stereocenters. The Morgan fingerprint density at radius 1 is 1.08 bits per heavy atom. The smallest absolute Gasteiger partial charge is 0.0214 e. The van der Waals surface area contributed by atoms with E-state index in [9.17, 15) is 0 Å². The van der Waals surface area contributed by atoms with Crippen LogP contribution in [0.1, 0.15) is 32.6 Å². The van der Waals surface area contributed by atoms with Crippen molar-refractivity contribution in [1.82, 2.24) is 16.2 Å². The minimum atomic E-state index is 0.689. The van der Waals surface area contributed by atoms with Crippen molar-refractivity contribution in [3.63, 3.8) is 0 Å². The van der Waals surface area contributed by atoms with Gasteiger partial charge in [0.2, 0.25) is 0 Å². The van der Waals surface area contributed by atoms with Gasteiger partial charge in [-0.05, 0) is 32.7 Å². The lowest BCUT2D eigenvalue weighted by molar-refractivity contribution is 0.296. The van der Waals surface area contributed by atoms with Crippen LogP contribution in [0, 0.1) is 0 Å². The molecule has 0 aromatic heterocycles. The molecule has 3 N–H and O–H groups in total. The van der Waals surface area contributed by atoms with E-state index in [-0.39, 0.29) is 0 Å². The molecule has 0 aliphatic heterocycles. The standard InChI is InChI=1S/C9H21N3/c1-3-11-12-9-6-4-8(10-2)5-7-9/h8-12H,3-7H2,1-2H3. The summed E-state index contributed by atoms with van der Waals surface area (Å²) in [6.45, 7) is 3.12. The molecule has 72 valence electrons. The van der Waals surface area contributed by atoms with Gasteiger partial charge in [0.15, 0.2) is 0 Å². The van der Waals surface area contributed by atoms with Crippen LogP contribution in [0.4, 0.5) is 0 Å². The minimum absolute atomic E-state index is 0.689. The fourth-order valence-corrected chi connectivity index (χ4v) is 1.77. The Morgan fingerprint density at radius 3 is 2.17 bits per heavy atom. The van der Waals surface area contributed by atoms with Crippen LogP contribution in [-0.2, 0) is 0 Å². The molecule has 0 heterocycles. The average molecular weight is 171 g/mol. The fourth-order valence-electron chi connectivity index (χ4n) is 1.77. The zero-order valence-corrected chi connectivity index (χ0v) is 8.19. The van der Waals surface area contributed by atoms with E-state index in [2.05, 4.69) is 30.1 Å². The first-order chi connectivity index (χ1) is 5.86. The van der Waals surface area contributed by atoms with E-state index >= 15 is 0 Å². The van der Waals surface area contributed by atoms with Crippen molar-refractivity contribution in [3.05, 3.63) is 0 Å². The molecule has 3 nitrogen and oxygen atoms in total. The molecule has 3 heteroatoms. The molecule has 0 aromatic carbocycles. The van der Waals surface area contributed by atoms with Crippen molar-refractivity contribution >= 4 is 0 Å². The molecule has 12 heavy (non-hydrogen) atoms. The van der Waals surface area contributed by atoms with Crippen LogP contribution in [0.25, 0.3) is 0 Å². The third-order valence-corrected chi connectivity index (χ3v) is 2.62. The summed E-state index contributed by atoms with van der Waals surface area (Å²) < 4.78 is 0. The quantitative estimate of drug-likeness (QED) is 0.543. The van der Waals surface area contributed by atoms with Crippen LogP contribution in [0.5, 0.6) is 0 Å². The van der Waals surface area contributed by atoms with Gasteiger partial charge in [-0.3, -0.25) is 10.9 Å². The molecule has 1 aliphatic carbocycles. The van der Waals surface area contributed by atoms with Gasteiger partial charge in [0.25, 0.3) is 0 Å². The van der Waals surface area contributed by atoms with E-state index in [1.54, 1.807) is 0 Å². The summed E-state index contributed by atoms with van der Waals surface area (Å²) in [6.07, 6.45) is 5.19. The van der Waals surface area contributed by atoms with Crippen LogP contribution in [-0.4, -0.2) is 25.7 Å². The Hall–Kier alpha value is -0.120. The third-order valence-electron chi connectivity index (χ3n) is 2.62. The van der Waals surface area contributed by atoms with Crippen LogP contribution in [0.3, 0.4) is 0 Å². The van der Waals surface area contributed by atoms with Crippen LogP contribution in [0.15, 0.2) is 0 Å². The lowest BCUT2D eigenvalue weighted by Gasteiger charge is -2.28. The van der Waals surface area contributed by atoms with Gasteiger partial charge < -0.3 is 5.32 Å². The number of hydrogen-bond donors (Lipinski definition) is 3. The molecule has 0 aromatic rings. The first-order valence-corrected chi connectivity index (χ1v) is 5.02. The van der Waals surface area contributed by atoms with Gasteiger partial charge in [-0.15, -0.1) is 0 Å². The highest BCUT2D eigenvalue weighted by atomic mass is 15.4. The molecule has 1 fully saturated rings. The molecule has 0 saturated heterocycles. The van der Waals surface area contributed by atoms with E-state index in [4.69, 9.17) is 0 Å². The van der Waals surface area contributed by atoms with Gasteiger partial charge in [0.1, 0.15) is 0 Å². The Bertz CT molecular complexity index is 108. The molecule has 0 radical (unpaired) electrons. The fraction of sp³-hybridized carbons (Fsp3) is 1.00. The highest BCUT2D eigenvalue weighted by molar-refractivity contribution is 4.78. The molecule has 0 spiro atoms. The maximum absolute atomic E-state index is 3.34. The van der Waals surface area contributed by atoms with Crippen molar-refractivity contribution < 1.29 is 0 Å². The Balaban J connectivity index is 2.09. The zero-order valence-electron chi connectivity index (χ0n) is 8.19. The van der Waals surface area contributed by atoms with Gasteiger partial charge in [0, 0.05) is 18.6 Å². The van der Waals surface area contributed by atoms with Crippen LogP contribution >= 0.6 is 0 Å². The van der Waals surface area contributed by atoms with Crippen molar-refractivity contribution in [3.8, 4) is 0 Å². The van der Waals surface area contributed by atoms with Gasteiger partial charge >= 0.3 is 0 Å². The second kappa shape index (κ2) is 5.51. The first kappa shape index (κ1) is 9.96. The summed E-state index contributed by atoms with van der Waals surface area (Å²) in [5.74, 6) is 0. The normalized spacial score (nSPS) is 30.5. The van der Waals surface area contributed by atoms with Gasteiger partial charge in [-0.1, -0.05) is 6.92 Å². The van der Waals surface area contributed by atoms with Crippen molar-refractivity contribution in [2.24, 2.45) is 0 Å². The van der Waals surface area contributed by atoms with E-state index in [1.165, 1.54) is 25.7 Å². The van der Waals surface area contributed by atoms with Gasteiger partial charge in [-0.25, -0.2) is 0 Å². The second-order valence-electron chi connectivity index (χ2n) is 3.51. The maximum atomic E-state index is 3.34. The van der Waals surface area contributed by atoms with Crippen molar-refractivity contribution in [2.75, 3.05) is 13.6 Å². The molecule has 1 aliphatic rings. The largest absolute Gasteiger partial charge is 0.317 e. The number of hydrogen-bond acceptors (Lipinski definition) is 3. The summed E-state index contributed by atoms with van der Waals surface area (Å²) in [5.41, 5.74) is 6.52. The molecule has 0 bridgehead atoms. The Kier molecular flexibility index (Phi) is 4.58. The Labute approximate surface area is 75.3 Å². The third kappa shape index (κ3) is 3.09. The van der Waals surface area contributed by atoms with E-state index in [1.807, 2.05) is 0 Å². The average Bonchev–Trinajstić information content (AvgIpc) is 2.15. The molecular formula is C9H21N3. The molecule has 1 saturated carbocycles. The summed E-state index contributed by atoms with van der Waals surface area (Å²) in [6, 6.07) is 1.44. The van der Waals surface area contributed by atoms with Crippen molar-refractivity contribution in [2.45, 2.75) is 44.7 Å². The number of rotatable bonds is 4. The summed E-state index contributed by atoms with van der Waals surface area (Å²) in [5, 5.41) is 3.33. The predicted molar refractivity (Wildman–Crippen MR) is 51.9 cm³/mol. The summed E-state index contributed by atoms with van der Waals surface area (Å²) in [7, 11) is 2.06. The van der Waals surface area contributed by atoms with E-state index in [0.29, 0.717) is 6.04 Å². The van der Waals surface area contributed by atoms with E-state index < -0.39 is 0 Å². The lowest BCUT2D eigenvalue weighted by atomic mass is 9.92. The highest BCUT2D eigenvalue weighted by Crippen LogP contribution is 2.17. The zero-order chi connectivity index (χ0) is 8.81. The topological polar surface area (TPSA) is 36.1 Å². The second-order valence-corrected chi connectivity index (χ2v) is 3.51. The first-order valence-electron chi connectivity index (χ1n) is 5.02. The molecule has 0 amide bonds. The van der Waals surface area contributed by atoms with Gasteiger partial charge in [-0.2, -0.15) is 0 Å². The molecule has 0 atom stereocenters. The lowest BCUT2D eigenvalue weighted by Crippen LogP contribution is -2.44. The van der Waals surface area contributed by atoms with Gasteiger partial charge in [0.05, 0.1) is 0 Å². The highest BCUT2D eigenvalue weighted by Gasteiger charge is 2.18. The maximum Gasteiger partial charge on any atom is 0.0214 e. The monoisotopic (exact) mass is 171 g/mol. The molecular weight excluding hydrogens is 150 g/mol. The minimum Gasteiger partial charge on any atom is -0.317 e. The SMILES string of the molecule is CCNNC1CCC(NC)CC1. The predicted octanol–water partition coefficient (Wildman–Crippen LogP) is 0.631. The number of nitrogens with one attached hydrogen (secondary N) is 3. The van der Waals surface area contributed by atoms with E-state index in [0.717, 1.165) is 12.6 Å². The number of hydrazine groups is 1. The van der Waals surface area contributed by atoms with Crippen LogP contribution < -0.4 is 16.2 Å². The molecule has 1 rings (SSSR count). The summed E-state index contributed by atoms with van der Waals surface area (Å²) in [4.78, 5) is 0. The summed E-state index contributed by atoms with van der Waals surface area (Å²) >= 11 is 0.